The highest BCUT2D eigenvalue weighted by atomic mass is 16.4. The molecular formula is C37H39N11O9. The first-order chi connectivity index (χ1) is 27.3. The maximum absolute atomic E-state index is 13.0. The second kappa shape index (κ2) is 18.7. The maximum atomic E-state index is 13.0. The van der Waals surface area contributed by atoms with Crippen LogP contribution in [-0.4, -0.2) is 95.7 Å². The molecule has 1 aliphatic rings. The quantitative estimate of drug-likeness (QED) is 0.0496. The molecule has 5 rings (SSSR count). The molecule has 2 aromatic heterocycles. The van der Waals surface area contributed by atoms with Crippen molar-refractivity contribution in [3.8, 4) is 0 Å². The summed E-state index contributed by atoms with van der Waals surface area (Å²) in [6.07, 6.45) is 5.65. The van der Waals surface area contributed by atoms with Gasteiger partial charge in [-0.25, -0.2) is 19.6 Å². The first kappa shape index (κ1) is 40.7. The number of aliphatic carboxylic acids is 1. The van der Waals surface area contributed by atoms with E-state index < -0.39 is 29.8 Å². The molecule has 57 heavy (non-hydrogen) atoms. The summed E-state index contributed by atoms with van der Waals surface area (Å²) in [5.41, 5.74) is 13.1. The fourth-order valence-electron chi connectivity index (χ4n) is 5.71. The third-order valence-electron chi connectivity index (χ3n) is 8.64. The SMILES string of the molecule is Nc1nc(N)c2nc(CNc3ccc(C(=O)N[C@@H](CCCNC(=O)c4cc(NC(=O)CCCCCN5C(=O)C=CC5=O)ccc4C(=O)O)C(=O)O)cc3)cnc2n1. The van der Waals surface area contributed by atoms with E-state index in [0.717, 1.165) is 4.90 Å². The van der Waals surface area contributed by atoms with Crippen molar-refractivity contribution in [3.63, 3.8) is 0 Å². The molecule has 2 aromatic carbocycles. The standard InChI is InChI=1S/C37H39N11O9/c38-31-30-32(47-37(39)46-31)42-19-23(44-30)18-41-21-9-7-20(8-10-21)33(52)45-26(36(56)57)5-4-15-40-34(53)25-17-22(11-12-24(25)35(54)55)43-27(49)6-2-1-3-16-48-28(50)13-14-29(48)51/h7-14,17,19,26,41H,1-6,15-16,18H2,(H,40,53)(H,43,49)(H,45,52)(H,54,55)(H,56,57)(H4,38,39,42,46,47)/t26-/m0/s1. The molecule has 0 spiro atoms. The van der Waals surface area contributed by atoms with E-state index in [0.29, 0.717) is 36.2 Å². The summed E-state index contributed by atoms with van der Waals surface area (Å²) in [6.45, 7) is 0.457. The fourth-order valence-corrected chi connectivity index (χ4v) is 5.71. The summed E-state index contributed by atoms with van der Waals surface area (Å²) < 4.78 is 0. The van der Waals surface area contributed by atoms with Gasteiger partial charge in [-0.05, 0) is 68.1 Å². The van der Waals surface area contributed by atoms with Crippen molar-refractivity contribution in [1.29, 1.82) is 0 Å². The number of imide groups is 1. The Morgan fingerprint density at radius 2 is 1.53 bits per heavy atom. The van der Waals surface area contributed by atoms with Crippen LogP contribution in [0.25, 0.3) is 11.2 Å². The molecule has 5 amide bonds. The number of benzene rings is 2. The second-order valence-corrected chi connectivity index (χ2v) is 12.8. The zero-order chi connectivity index (χ0) is 41.1. The summed E-state index contributed by atoms with van der Waals surface area (Å²) in [6, 6.07) is 8.76. The van der Waals surface area contributed by atoms with Gasteiger partial charge in [0.2, 0.25) is 11.9 Å². The first-order valence-corrected chi connectivity index (χ1v) is 17.7. The zero-order valence-corrected chi connectivity index (χ0v) is 30.4. The van der Waals surface area contributed by atoms with Gasteiger partial charge in [-0.2, -0.15) is 9.97 Å². The molecule has 4 aromatic rings. The van der Waals surface area contributed by atoms with Crippen molar-refractivity contribution in [2.75, 3.05) is 35.2 Å². The number of amides is 5. The summed E-state index contributed by atoms with van der Waals surface area (Å²) in [5, 5.41) is 30.2. The fraction of sp³-hybridized carbons (Fsp3) is 0.270. The average Bonchev–Trinajstić information content (AvgIpc) is 3.50. The van der Waals surface area contributed by atoms with Gasteiger partial charge < -0.3 is 42.9 Å². The number of fused-ring (bicyclic) bond motifs is 1. The van der Waals surface area contributed by atoms with E-state index in [1.165, 1.54) is 48.7 Å². The number of carbonyl (C=O) groups is 7. The number of carbonyl (C=O) groups excluding carboxylic acids is 5. The molecule has 0 fully saturated rings. The number of nitrogen functional groups attached to an aromatic ring is 2. The van der Waals surface area contributed by atoms with Gasteiger partial charge in [-0.3, -0.25) is 28.9 Å². The molecular weight excluding hydrogens is 742 g/mol. The topological polar surface area (TPSA) is 315 Å². The van der Waals surface area contributed by atoms with Crippen molar-refractivity contribution in [3.05, 3.63) is 83.2 Å². The number of hydrogen-bond donors (Lipinski definition) is 8. The number of aromatic carboxylic acids is 1. The highest BCUT2D eigenvalue weighted by molar-refractivity contribution is 6.12. The Kier molecular flexibility index (Phi) is 13.3. The first-order valence-electron chi connectivity index (χ1n) is 17.7. The van der Waals surface area contributed by atoms with Gasteiger partial charge >= 0.3 is 11.9 Å². The normalized spacial score (nSPS) is 12.7. The van der Waals surface area contributed by atoms with E-state index in [2.05, 4.69) is 41.2 Å². The van der Waals surface area contributed by atoms with E-state index >= 15 is 0 Å². The molecule has 296 valence electrons. The number of unbranched alkanes of at least 4 members (excludes halogenated alkanes) is 2. The summed E-state index contributed by atoms with van der Waals surface area (Å²) in [7, 11) is 0. The van der Waals surface area contributed by atoms with Crippen LogP contribution in [0, 0.1) is 0 Å². The molecule has 20 nitrogen and oxygen atoms in total. The lowest BCUT2D eigenvalue weighted by atomic mass is 10.0. The summed E-state index contributed by atoms with van der Waals surface area (Å²) in [4.78, 5) is 103. The van der Waals surface area contributed by atoms with Gasteiger partial charge in [0.1, 0.15) is 6.04 Å². The minimum absolute atomic E-state index is 0.0148. The lowest BCUT2D eigenvalue weighted by Crippen LogP contribution is -2.41. The Labute approximate surface area is 324 Å². The molecule has 20 heteroatoms. The van der Waals surface area contributed by atoms with Gasteiger partial charge in [0.25, 0.3) is 23.6 Å². The molecule has 0 bridgehead atoms. The van der Waals surface area contributed by atoms with Gasteiger partial charge in [-0.15, -0.1) is 0 Å². The largest absolute Gasteiger partial charge is 0.480 e. The molecule has 0 saturated carbocycles. The van der Waals surface area contributed by atoms with Crippen molar-refractivity contribution < 1.29 is 43.8 Å². The van der Waals surface area contributed by atoms with Crippen molar-refractivity contribution in [2.24, 2.45) is 0 Å². The van der Waals surface area contributed by atoms with Crippen molar-refractivity contribution >= 4 is 75.8 Å². The van der Waals surface area contributed by atoms with Crippen LogP contribution in [0.1, 0.15) is 75.3 Å². The molecule has 0 saturated heterocycles. The Bertz CT molecular complexity index is 2230. The summed E-state index contributed by atoms with van der Waals surface area (Å²) >= 11 is 0. The third-order valence-corrected chi connectivity index (χ3v) is 8.64. The molecule has 10 N–H and O–H groups in total. The lowest BCUT2D eigenvalue weighted by Gasteiger charge is -2.15. The van der Waals surface area contributed by atoms with Crippen LogP contribution in [0.4, 0.5) is 23.1 Å². The van der Waals surface area contributed by atoms with Crippen LogP contribution in [0.3, 0.4) is 0 Å². The highest BCUT2D eigenvalue weighted by Gasteiger charge is 2.23. The minimum Gasteiger partial charge on any atom is -0.480 e. The Morgan fingerprint density at radius 3 is 2.23 bits per heavy atom. The molecule has 1 aliphatic heterocycles. The lowest BCUT2D eigenvalue weighted by molar-refractivity contribution is -0.139. The van der Waals surface area contributed by atoms with Crippen molar-refractivity contribution in [2.45, 2.75) is 51.1 Å². The van der Waals surface area contributed by atoms with E-state index in [4.69, 9.17) is 11.5 Å². The van der Waals surface area contributed by atoms with Crippen molar-refractivity contribution in [1.82, 2.24) is 35.5 Å². The number of carboxylic acid groups (broad SMARTS) is 2. The average molecular weight is 782 g/mol. The Hall–Kier alpha value is -7.51. The highest BCUT2D eigenvalue weighted by Crippen LogP contribution is 2.19. The third kappa shape index (κ3) is 11.0. The minimum atomic E-state index is -1.37. The second-order valence-electron chi connectivity index (χ2n) is 12.8. The molecule has 1 atom stereocenters. The van der Waals surface area contributed by atoms with Gasteiger partial charge in [0.05, 0.1) is 29.6 Å². The Morgan fingerprint density at radius 1 is 0.807 bits per heavy atom. The van der Waals surface area contributed by atoms with E-state index in [1.54, 1.807) is 12.1 Å². The summed E-state index contributed by atoms with van der Waals surface area (Å²) in [5.74, 6) is -5.08. The number of nitrogens with one attached hydrogen (secondary N) is 4. The van der Waals surface area contributed by atoms with Crippen LogP contribution < -0.4 is 32.7 Å². The van der Waals surface area contributed by atoms with E-state index in [1.807, 2.05) is 0 Å². The monoisotopic (exact) mass is 781 g/mol. The van der Waals surface area contributed by atoms with Crippen LogP contribution in [-0.2, 0) is 25.7 Å². The molecule has 0 radical (unpaired) electrons. The predicted molar refractivity (Wildman–Crippen MR) is 205 cm³/mol. The van der Waals surface area contributed by atoms with Gasteiger partial charge in [0, 0.05) is 48.6 Å². The zero-order valence-electron chi connectivity index (χ0n) is 30.4. The number of rotatable bonds is 19. The van der Waals surface area contributed by atoms with Crippen LogP contribution in [0.5, 0.6) is 0 Å². The maximum Gasteiger partial charge on any atom is 0.336 e. The van der Waals surface area contributed by atoms with Crippen LogP contribution >= 0.6 is 0 Å². The molecule has 0 aliphatic carbocycles. The number of hydrogen-bond acceptors (Lipinski definition) is 14. The molecule has 3 heterocycles. The number of anilines is 4. The Balaban J connectivity index is 1.06. The van der Waals surface area contributed by atoms with Gasteiger partial charge in [-0.1, -0.05) is 6.42 Å². The number of nitrogens with two attached hydrogens (primary N) is 2. The van der Waals surface area contributed by atoms with Gasteiger partial charge in [0.15, 0.2) is 17.0 Å². The van der Waals surface area contributed by atoms with E-state index in [-0.39, 0.29) is 96.4 Å². The smallest absolute Gasteiger partial charge is 0.336 e. The van der Waals surface area contributed by atoms with Crippen LogP contribution in [0.15, 0.2) is 60.8 Å². The number of aromatic nitrogens is 4. The predicted octanol–water partition coefficient (Wildman–Crippen LogP) is 1.71. The molecule has 0 unspecified atom stereocenters. The van der Waals surface area contributed by atoms with E-state index in [9.17, 15) is 43.8 Å². The number of carboxylic acids is 2. The number of nitrogens with zero attached hydrogens (tertiary/aromatic N) is 5. The van der Waals surface area contributed by atoms with Crippen LogP contribution in [0.2, 0.25) is 0 Å².